The molecule has 8 nitrogen and oxygen atoms in total. The molecule has 1 aromatic rings. The topological polar surface area (TPSA) is 133 Å². The molecule has 0 bridgehead atoms. The summed E-state index contributed by atoms with van der Waals surface area (Å²) in [6.07, 6.45) is 18.1. The van der Waals surface area contributed by atoms with Gasteiger partial charge in [0, 0.05) is 11.1 Å². The minimum absolute atomic E-state index is 0.157. The highest BCUT2D eigenvalue weighted by Crippen LogP contribution is 2.14. The molecule has 0 saturated heterocycles. The first-order valence-corrected chi connectivity index (χ1v) is 15.5. The lowest BCUT2D eigenvalue weighted by Gasteiger charge is -2.16. The molecule has 0 aromatic heterocycles. The van der Waals surface area contributed by atoms with Gasteiger partial charge in [-0.3, -0.25) is 9.59 Å². The van der Waals surface area contributed by atoms with Crippen molar-refractivity contribution < 1.29 is 29.4 Å². The van der Waals surface area contributed by atoms with Gasteiger partial charge in [0.1, 0.15) is 12.1 Å². The maximum absolute atomic E-state index is 12.8. The van der Waals surface area contributed by atoms with E-state index in [1.807, 2.05) is 0 Å². The van der Waals surface area contributed by atoms with Crippen LogP contribution in [0.15, 0.2) is 24.3 Å². The van der Waals surface area contributed by atoms with Crippen molar-refractivity contribution in [2.75, 3.05) is 0 Å². The lowest BCUT2D eigenvalue weighted by molar-refractivity contribution is -0.140. The Kier molecular flexibility index (Phi) is 19.2. The Labute approximate surface area is 240 Å². The van der Waals surface area contributed by atoms with Crippen LogP contribution >= 0.6 is 0 Å². The van der Waals surface area contributed by atoms with Crippen LogP contribution in [0, 0.1) is 0 Å². The smallest absolute Gasteiger partial charge is 0.326 e. The Bertz CT molecular complexity index is 821. The van der Waals surface area contributed by atoms with Gasteiger partial charge in [-0.15, -0.1) is 0 Å². The van der Waals surface area contributed by atoms with Crippen molar-refractivity contribution in [2.24, 2.45) is 0 Å². The maximum atomic E-state index is 12.8. The molecule has 0 aliphatic carbocycles. The van der Waals surface area contributed by atoms with Crippen LogP contribution < -0.4 is 10.6 Å². The lowest BCUT2D eigenvalue weighted by atomic mass is 10.0. The van der Waals surface area contributed by atoms with E-state index >= 15 is 0 Å². The number of hydrogen-bond acceptors (Lipinski definition) is 4. The summed E-state index contributed by atoms with van der Waals surface area (Å²) in [6, 6.07) is 3.91. The van der Waals surface area contributed by atoms with Crippen molar-refractivity contribution in [3.63, 3.8) is 0 Å². The van der Waals surface area contributed by atoms with Gasteiger partial charge in [-0.1, -0.05) is 123 Å². The molecule has 0 fully saturated rings. The number of carboxylic acids is 2. The van der Waals surface area contributed by atoms with E-state index < -0.39 is 35.8 Å². The fourth-order valence-electron chi connectivity index (χ4n) is 4.76. The molecule has 226 valence electrons. The number of nitrogens with one attached hydrogen (secondary N) is 2. The van der Waals surface area contributed by atoms with Crippen LogP contribution in [-0.4, -0.2) is 46.0 Å². The predicted octanol–water partition coefficient (Wildman–Crippen LogP) is 7.11. The first-order valence-electron chi connectivity index (χ1n) is 15.5. The number of aliphatic carboxylic acids is 2. The third kappa shape index (κ3) is 15.6. The maximum Gasteiger partial charge on any atom is 0.326 e. The molecule has 0 heterocycles. The molecule has 0 spiro atoms. The quantitative estimate of drug-likeness (QED) is 0.0996. The molecule has 0 radical (unpaired) electrons. The Morgan fingerprint density at radius 3 is 1.23 bits per heavy atom. The molecule has 1 rings (SSSR count). The van der Waals surface area contributed by atoms with Crippen molar-refractivity contribution in [3.8, 4) is 0 Å². The molecule has 0 aliphatic rings. The summed E-state index contributed by atoms with van der Waals surface area (Å²) in [5, 5.41) is 24.3. The van der Waals surface area contributed by atoms with Gasteiger partial charge in [0.15, 0.2) is 0 Å². The van der Waals surface area contributed by atoms with Crippen LogP contribution in [0.4, 0.5) is 0 Å². The lowest BCUT2D eigenvalue weighted by Crippen LogP contribution is -2.41. The summed E-state index contributed by atoms with van der Waals surface area (Å²) in [6.45, 7) is 4.36. The van der Waals surface area contributed by atoms with Gasteiger partial charge < -0.3 is 20.8 Å². The van der Waals surface area contributed by atoms with E-state index in [0.717, 1.165) is 38.5 Å². The van der Waals surface area contributed by atoms with Gasteiger partial charge in [-0.2, -0.15) is 0 Å². The Morgan fingerprint density at radius 1 is 0.575 bits per heavy atom. The Morgan fingerprint density at radius 2 is 0.900 bits per heavy atom. The van der Waals surface area contributed by atoms with Gasteiger partial charge in [-0.25, -0.2) is 9.59 Å². The van der Waals surface area contributed by atoms with Crippen molar-refractivity contribution >= 4 is 23.8 Å². The summed E-state index contributed by atoms with van der Waals surface area (Å²) < 4.78 is 0. The molecule has 4 N–H and O–H groups in total. The van der Waals surface area contributed by atoms with Crippen LogP contribution in [0.3, 0.4) is 0 Å². The van der Waals surface area contributed by atoms with E-state index in [2.05, 4.69) is 24.5 Å². The van der Waals surface area contributed by atoms with E-state index in [0.29, 0.717) is 25.7 Å². The van der Waals surface area contributed by atoms with E-state index in [-0.39, 0.29) is 11.1 Å². The van der Waals surface area contributed by atoms with Gasteiger partial charge in [0.05, 0.1) is 0 Å². The fourth-order valence-corrected chi connectivity index (χ4v) is 4.76. The third-order valence-electron chi connectivity index (χ3n) is 7.29. The fraction of sp³-hybridized carbons (Fsp3) is 0.688. The zero-order chi connectivity index (χ0) is 29.6. The molecule has 2 atom stereocenters. The van der Waals surface area contributed by atoms with Gasteiger partial charge in [-0.05, 0) is 31.0 Å². The molecule has 2 amide bonds. The van der Waals surface area contributed by atoms with Gasteiger partial charge in [0.2, 0.25) is 0 Å². The average Bonchev–Trinajstić information content (AvgIpc) is 2.94. The molecule has 1 aromatic carbocycles. The number of rotatable bonds is 24. The minimum Gasteiger partial charge on any atom is -0.480 e. The monoisotopic (exact) mass is 560 g/mol. The second kappa shape index (κ2) is 21.9. The molecular formula is C32H52N2O6. The van der Waals surface area contributed by atoms with Crippen LogP contribution in [0.25, 0.3) is 0 Å². The minimum atomic E-state index is -1.09. The summed E-state index contributed by atoms with van der Waals surface area (Å²) in [5.74, 6) is -3.32. The van der Waals surface area contributed by atoms with Crippen LogP contribution in [0.2, 0.25) is 0 Å². The van der Waals surface area contributed by atoms with Crippen molar-refractivity contribution in [2.45, 2.75) is 142 Å². The highest BCUT2D eigenvalue weighted by molar-refractivity contribution is 6.01. The Hall–Kier alpha value is -2.90. The van der Waals surface area contributed by atoms with E-state index in [4.69, 9.17) is 0 Å². The van der Waals surface area contributed by atoms with Crippen molar-refractivity contribution in [1.82, 2.24) is 10.6 Å². The zero-order valence-corrected chi connectivity index (χ0v) is 24.7. The second-order valence-electron chi connectivity index (χ2n) is 10.8. The number of benzene rings is 1. The zero-order valence-electron chi connectivity index (χ0n) is 24.7. The number of carboxylic acid groups (broad SMARTS) is 2. The third-order valence-corrected chi connectivity index (χ3v) is 7.29. The van der Waals surface area contributed by atoms with E-state index in [1.165, 1.54) is 75.6 Å². The number of carbonyl (C=O) groups excluding carboxylic acids is 2. The first kappa shape index (κ1) is 35.1. The number of hydrogen-bond donors (Lipinski definition) is 4. The molecule has 8 heteroatoms. The van der Waals surface area contributed by atoms with Gasteiger partial charge in [0.25, 0.3) is 11.8 Å². The Balaban J connectivity index is 2.56. The van der Waals surface area contributed by atoms with Crippen LogP contribution in [0.5, 0.6) is 0 Å². The van der Waals surface area contributed by atoms with Crippen LogP contribution in [-0.2, 0) is 9.59 Å². The van der Waals surface area contributed by atoms with Crippen molar-refractivity contribution in [3.05, 3.63) is 35.4 Å². The summed E-state index contributed by atoms with van der Waals surface area (Å²) in [4.78, 5) is 49.0. The first-order chi connectivity index (χ1) is 19.3. The van der Waals surface area contributed by atoms with E-state index in [1.54, 1.807) is 0 Å². The second-order valence-corrected chi connectivity index (χ2v) is 10.8. The summed E-state index contributed by atoms with van der Waals surface area (Å²) in [5.41, 5.74) is 0.314. The highest BCUT2D eigenvalue weighted by atomic mass is 16.4. The average molecular weight is 561 g/mol. The standard InChI is InChI=1S/C32H52N2O6/c1-3-5-7-9-11-13-15-17-22-27(31(37)38)33-29(35)25-20-19-21-26(24-25)30(36)34-28(32(39)40)23-18-16-14-12-10-8-6-4-2/h19-21,24,27-28H,3-18,22-23H2,1-2H3,(H,33,35)(H,34,36)(H,37,38)(H,39,40). The molecular weight excluding hydrogens is 508 g/mol. The van der Waals surface area contributed by atoms with Crippen molar-refractivity contribution in [1.29, 1.82) is 0 Å². The molecule has 2 unspecified atom stereocenters. The summed E-state index contributed by atoms with van der Waals surface area (Å²) >= 11 is 0. The van der Waals surface area contributed by atoms with E-state index in [9.17, 15) is 29.4 Å². The normalized spacial score (nSPS) is 12.4. The summed E-state index contributed by atoms with van der Waals surface area (Å²) in [7, 11) is 0. The molecule has 40 heavy (non-hydrogen) atoms. The van der Waals surface area contributed by atoms with Gasteiger partial charge >= 0.3 is 11.9 Å². The predicted molar refractivity (Wildman–Crippen MR) is 159 cm³/mol. The number of amides is 2. The molecule has 0 saturated carbocycles. The number of carbonyl (C=O) groups is 4. The largest absolute Gasteiger partial charge is 0.480 e. The van der Waals surface area contributed by atoms with Crippen LogP contribution in [0.1, 0.15) is 150 Å². The highest BCUT2D eigenvalue weighted by Gasteiger charge is 2.23. The molecule has 0 aliphatic heterocycles. The SMILES string of the molecule is CCCCCCCCCCC(NC(=O)c1cccc(C(=O)NC(CCCCCCCCCC)C(=O)O)c1)C(=O)O. The number of unbranched alkanes of at least 4 members (excludes halogenated alkanes) is 14.